The van der Waals surface area contributed by atoms with Gasteiger partial charge >= 0.3 is 0 Å². The molecule has 1 heterocycles. The lowest BCUT2D eigenvalue weighted by molar-refractivity contribution is -0.384. The van der Waals surface area contributed by atoms with Gasteiger partial charge in [-0.15, -0.1) is 11.3 Å². The van der Waals surface area contributed by atoms with Gasteiger partial charge in [0.1, 0.15) is 0 Å². The van der Waals surface area contributed by atoms with Crippen molar-refractivity contribution in [3.63, 3.8) is 0 Å². The molecule has 0 aliphatic heterocycles. The summed E-state index contributed by atoms with van der Waals surface area (Å²) in [6.07, 6.45) is 0. The summed E-state index contributed by atoms with van der Waals surface area (Å²) < 4.78 is 0.867. The number of non-ortho nitro benzene ring substituents is 1. The first-order chi connectivity index (χ1) is 6.18. The number of nitro groups is 1. The van der Waals surface area contributed by atoms with E-state index >= 15 is 0 Å². The third kappa shape index (κ3) is 1.27. The summed E-state index contributed by atoms with van der Waals surface area (Å²) in [7, 11) is 0. The molecule has 0 radical (unpaired) electrons. The largest absolute Gasteiger partial charge is 0.271 e. The first-order valence-electron chi connectivity index (χ1n) is 3.67. The second-order valence-electron chi connectivity index (χ2n) is 2.72. The summed E-state index contributed by atoms with van der Waals surface area (Å²) in [6, 6.07) is 3.10. The zero-order valence-corrected chi connectivity index (χ0v) is 7.67. The average molecular weight is 194 g/mol. The summed E-state index contributed by atoms with van der Waals surface area (Å²) in [5.41, 5.74) is 3.54. The minimum Gasteiger partial charge on any atom is -0.258 e. The van der Waals surface area contributed by atoms with Crippen LogP contribution in [0.3, 0.4) is 0 Å². The van der Waals surface area contributed by atoms with Crippen molar-refractivity contribution < 1.29 is 4.92 Å². The van der Waals surface area contributed by atoms with E-state index in [1.54, 1.807) is 17.6 Å². The van der Waals surface area contributed by atoms with E-state index in [0.29, 0.717) is 0 Å². The maximum atomic E-state index is 10.5. The van der Waals surface area contributed by atoms with Gasteiger partial charge in [0.05, 0.1) is 20.7 Å². The molecule has 0 N–H and O–H groups in total. The van der Waals surface area contributed by atoms with Crippen LogP contribution in [0.4, 0.5) is 5.69 Å². The number of aryl methyl sites for hydroxylation is 1. The van der Waals surface area contributed by atoms with Crippen molar-refractivity contribution in [1.29, 1.82) is 0 Å². The first kappa shape index (κ1) is 8.12. The van der Waals surface area contributed by atoms with Crippen LogP contribution in [-0.4, -0.2) is 9.91 Å². The zero-order chi connectivity index (χ0) is 9.42. The van der Waals surface area contributed by atoms with Crippen LogP contribution >= 0.6 is 11.3 Å². The molecule has 0 aliphatic carbocycles. The minimum atomic E-state index is -0.383. The Balaban J connectivity index is 2.77. The molecule has 0 fully saturated rings. The Labute approximate surface area is 78.0 Å². The van der Waals surface area contributed by atoms with E-state index in [-0.39, 0.29) is 10.6 Å². The second-order valence-corrected chi connectivity index (χ2v) is 3.61. The van der Waals surface area contributed by atoms with Crippen LogP contribution in [0.2, 0.25) is 0 Å². The highest BCUT2D eigenvalue weighted by Crippen LogP contribution is 2.26. The van der Waals surface area contributed by atoms with Crippen molar-refractivity contribution in [2.75, 3.05) is 0 Å². The molecule has 4 nitrogen and oxygen atoms in total. The van der Waals surface area contributed by atoms with Crippen LogP contribution in [0.5, 0.6) is 0 Å². The van der Waals surface area contributed by atoms with Gasteiger partial charge in [-0.1, -0.05) is 0 Å². The molecule has 0 bridgehead atoms. The van der Waals surface area contributed by atoms with Crippen LogP contribution in [0.1, 0.15) is 5.56 Å². The third-order valence-electron chi connectivity index (χ3n) is 1.82. The number of rotatable bonds is 1. The van der Waals surface area contributed by atoms with E-state index in [1.165, 1.54) is 11.3 Å². The van der Waals surface area contributed by atoms with Crippen LogP contribution in [0, 0.1) is 17.0 Å². The number of nitro benzene ring substituents is 1. The van der Waals surface area contributed by atoms with Gasteiger partial charge in [0, 0.05) is 12.1 Å². The molecule has 0 amide bonds. The number of nitrogens with zero attached hydrogens (tertiary/aromatic N) is 2. The van der Waals surface area contributed by atoms with E-state index in [9.17, 15) is 10.1 Å². The van der Waals surface area contributed by atoms with Gasteiger partial charge in [0.25, 0.3) is 5.69 Å². The first-order valence-corrected chi connectivity index (χ1v) is 4.54. The second kappa shape index (κ2) is 2.77. The van der Waals surface area contributed by atoms with Crippen LogP contribution in [0.15, 0.2) is 17.6 Å². The zero-order valence-electron chi connectivity index (χ0n) is 6.85. The number of thiazole rings is 1. The Hall–Kier alpha value is -1.49. The Bertz CT molecular complexity index is 478. The van der Waals surface area contributed by atoms with Crippen LogP contribution in [-0.2, 0) is 0 Å². The van der Waals surface area contributed by atoms with Gasteiger partial charge in [-0.3, -0.25) is 10.1 Å². The van der Waals surface area contributed by atoms with Crippen LogP contribution < -0.4 is 0 Å². The fraction of sp³-hybridized carbons (Fsp3) is 0.125. The SMILES string of the molecule is Cc1cc([N+](=O)[O-])cc2scnc12. The summed E-state index contributed by atoms with van der Waals surface area (Å²) >= 11 is 1.42. The van der Waals surface area contributed by atoms with Gasteiger partial charge in [-0.2, -0.15) is 0 Å². The third-order valence-corrected chi connectivity index (χ3v) is 2.60. The highest BCUT2D eigenvalue weighted by atomic mass is 32.1. The quantitative estimate of drug-likeness (QED) is 0.517. The Kier molecular flexibility index (Phi) is 1.73. The number of fused-ring (bicyclic) bond motifs is 1. The van der Waals surface area contributed by atoms with Gasteiger partial charge < -0.3 is 0 Å². The van der Waals surface area contributed by atoms with Crippen molar-refractivity contribution in [2.45, 2.75) is 6.92 Å². The fourth-order valence-corrected chi connectivity index (χ4v) is 2.01. The molecule has 2 aromatic rings. The molecule has 0 aliphatic rings. The maximum absolute atomic E-state index is 10.5. The fourth-order valence-electron chi connectivity index (χ4n) is 1.23. The molecular formula is C8H6N2O2S. The van der Waals surface area contributed by atoms with Crippen molar-refractivity contribution in [3.8, 4) is 0 Å². The molecule has 2 rings (SSSR count). The molecule has 0 unspecified atom stereocenters. The lowest BCUT2D eigenvalue weighted by atomic mass is 10.2. The molecule has 1 aromatic carbocycles. The number of hydrogen-bond acceptors (Lipinski definition) is 4. The Morgan fingerprint density at radius 3 is 3.00 bits per heavy atom. The van der Waals surface area contributed by atoms with Crippen molar-refractivity contribution in [2.24, 2.45) is 0 Å². The summed E-state index contributed by atoms with van der Waals surface area (Å²) in [5.74, 6) is 0. The van der Waals surface area contributed by atoms with E-state index in [1.807, 2.05) is 6.92 Å². The average Bonchev–Trinajstić information content (AvgIpc) is 2.51. The Morgan fingerprint density at radius 2 is 2.31 bits per heavy atom. The molecule has 0 atom stereocenters. The topological polar surface area (TPSA) is 56.0 Å². The molecular weight excluding hydrogens is 188 g/mol. The normalized spacial score (nSPS) is 10.5. The van der Waals surface area contributed by atoms with Gasteiger partial charge in [0.15, 0.2) is 0 Å². The monoisotopic (exact) mass is 194 g/mol. The smallest absolute Gasteiger partial charge is 0.258 e. The number of benzene rings is 1. The van der Waals surface area contributed by atoms with Gasteiger partial charge in [-0.05, 0) is 12.5 Å². The highest BCUT2D eigenvalue weighted by Gasteiger charge is 2.10. The van der Waals surface area contributed by atoms with Crippen molar-refractivity contribution >= 4 is 27.2 Å². The van der Waals surface area contributed by atoms with Crippen molar-refractivity contribution in [1.82, 2.24) is 4.98 Å². The predicted octanol–water partition coefficient (Wildman–Crippen LogP) is 2.51. The van der Waals surface area contributed by atoms with Gasteiger partial charge in [0.2, 0.25) is 0 Å². The lowest BCUT2D eigenvalue weighted by Crippen LogP contribution is -1.88. The van der Waals surface area contributed by atoms with Crippen molar-refractivity contribution in [3.05, 3.63) is 33.3 Å². The molecule has 1 aromatic heterocycles. The van der Waals surface area contributed by atoms with E-state index in [2.05, 4.69) is 4.98 Å². The molecule has 66 valence electrons. The predicted molar refractivity (Wildman–Crippen MR) is 51.0 cm³/mol. The molecule has 0 saturated heterocycles. The minimum absolute atomic E-state index is 0.134. The summed E-state index contributed by atoms with van der Waals surface area (Å²) in [5, 5.41) is 10.5. The maximum Gasteiger partial charge on any atom is 0.271 e. The van der Waals surface area contributed by atoms with E-state index < -0.39 is 0 Å². The molecule has 5 heteroatoms. The summed E-state index contributed by atoms with van der Waals surface area (Å²) in [6.45, 7) is 1.83. The Morgan fingerprint density at radius 1 is 1.54 bits per heavy atom. The molecule has 0 spiro atoms. The van der Waals surface area contributed by atoms with E-state index in [0.717, 1.165) is 15.8 Å². The highest BCUT2D eigenvalue weighted by molar-refractivity contribution is 7.16. The standard InChI is InChI=1S/C8H6N2O2S/c1-5-2-6(10(11)12)3-7-8(5)9-4-13-7/h2-4H,1H3. The lowest BCUT2D eigenvalue weighted by Gasteiger charge is -1.94. The number of aromatic nitrogens is 1. The van der Waals surface area contributed by atoms with Crippen LogP contribution in [0.25, 0.3) is 10.2 Å². The van der Waals surface area contributed by atoms with E-state index in [4.69, 9.17) is 0 Å². The molecule has 13 heavy (non-hydrogen) atoms. The summed E-state index contributed by atoms with van der Waals surface area (Å²) in [4.78, 5) is 14.2. The van der Waals surface area contributed by atoms with Gasteiger partial charge in [-0.25, -0.2) is 4.98 Å². The number of hydrogen-bond donors (Lipinski definition) is 0. The molecule has 0 saturated carbocycles.